The molecule has 0 atom stereocenters. The molecule has 1 aliphatic rings. The van der Waals surface area contributed by atoms with Gasteiger partial charge in [0.05, 0.1) is 11.1 Å². The largest absolute Gasteiger partial charge is 0.295 e. The van der Waals surface area contributed by atoms with Crippen LogP contribution in [0.2, 0.25) is 5.02 Å². The Morgan fingerprint density at radius 1 is 1.26 bits per heavy atom. The molecule has 2 aromatic heterocycles. The number of thioether (sulfide) groups is 1. The van der Waals surface area contributed by atoms with Gasteiger partial charge in [0.1, 0.15) is 0 Å². The van der Waals surface area contributed by atoms with Crippen molar-refractivity contribution < 1.29 is 0 Å². The van der Waals surface area contributed by atoms with Gasteiger partial charge in [-0.1, -0.05) is 41.6 Å². The number of nitrogens with zero attached hydrogens (tertiary/aromatic N) is 2. The maximum atomic E-state index is 12.7. The number of fused-ring (bicyclic) bond motifs is 1. The lowest BCUT2D eigenvalue weighted by atomic mass is 10.0. The molecule has 3 aromatic rings. The first-order valence-corrected chi connectivity index (χ1v) is 9.14. The van der Waals surface area contributed by atoms with Crippen molar-refractivity contribution in [1.29, 1.82) is 0 Å². The fraction of sp³-hybridized carbons (Fsp3) is 0.222. The summed E-state index contributed by atoms with van der Waals surface area (Å²) >= 11 is 7.81. The van der Waals surface area contributed by atoms with E-state index in [1.807, 2.05) is 35.1 Å². The number of benzene rings is 1. The number of hydrogen-bond acceptors (Lipinski definition) is 3. The van der Waals surface area contributed by atoms with Crippen molar-refractivity contribution in [2.75, 3.05) is 6.26 Å². The van der Waals surface area contributed by atoms with E-state index in [2.05, 4.69) is 17.1 Å². The van der Waals surface area contributed by atoms with Gasteiger partial charge in [-0.25, -0.2) is 0 Å². The quantitative estimate of drug-likeness (QED) is 0.514. The molecule has 0 radical (unpaired) electrons. The fourth-order valence-corrected chi connectivity index (χ4v) is 3.67. The lowest BCUT2D eigenvalue weighted by Crippen LogP contribution is -2.15. The molecule has 0 bridgehead atoms. The number of pyridine rings is 1. The van der Waals surface area contributed by atoms with E-state index in [4.69, 9.17) is 11.6 Å². The van der Waals surface area contributed by atoms with Gasteiger partial charge in [0.25, 0.3) is 5.56 Å². The molecule has 23 heavy (non-hydrogen) atoms. The van der Waals surface area contributed by atoms with E-state index in [0.717, 1.165) is 11.1 Å². The van der Waals surface area contributed by atoms with Gasteiger partial charge in [-0.2, -0.15) is 4.98 Å². The molecule has 4 rings (SSSR count). The number of hydrogen-bond donors (Lipinski definition) is 0. The second kappa shape index (κ2) is 5.69. The summed E-state index contributed by atoms with van der Waals surface area (Å²) in [6, 6.07) is 11.7. The van der Waals surface area contributed by atoms with E-state index in [-0.39, 0.29) is 5.56 Å². The Kier molecular flexibility index (Phi) is 3.66. The molecule has 0 saturated heterocycles. The fourth-order valence-electron chi connectivity index (χ4n) is 2.91. The van der Waals surface area contributed by atoms with E-state index in [0.29, 0.717) is 21.7 Å². The van der Waals surface area contributed by atoms with E-state index in [9.17, 15) is 4.79 Å². The van der Waals surface area contributed by atoms with Crippen molar-refractivity contribution in [3.05, 3.63) is 63.5 Å². The molecule has 2 heterocycles. The maximum absolute atomic E-state index is 12.7. The van der Waals surface area contributed by atoms with Crippen molar-refractivity contribution in [2.24, 2.45) is 0 Å². The Hall–Kier alpha value is -1.78. The average Bonchev–Trinajstić information content (AvgIpc) is 3.40. The molecular weight excluding hydrogens is 328 g/mol. The molecule has 0 unspecified atom stereocenters. The van der Waals surface area contributed by atoms with Gasteiger partial charge in [0, 0.05) is 16.8 Å². The smallest absolute Gasteiger partial charge is 0.282 e. The first-order chi connectivity index (χ1) is 11.2. The van der Waals surface area contributed by atoms with Crippen molar-refractivity contribution in [1.82, 2.24) is 9.38 Å². The Labute approximate surface area is 143 Å². The van der Waals surface area contributed by atoms with Crippen molar-refractivity contribution in [3.8, 4) is 11.1 Å². The summed E-state index contributed by atoms with van der Waals surface area (Å²) < 4.78 is 1.98. The van der Waals surface area contributed by atoms with Crippen LogP contribution in [0.15, 0.2) is 52.5 Å². The van der Waals surface area contributed by atoms with Crippen LogP contribution in [0.1, 0.15) is 24.3 Å². The predicted octanol–water partition coefficient (Wildman–Crippen LogP) is 4.61. The Bertz CT molecular complexity index is 963. The normalized spacial score (nSPS) is 14.3. The first kappa shape index (κ1) is 14.8. The topological polar surface area (TPSA) is 34.4 Å². The van der Waals surface area contributed by atoms with Crippen LogP contribution in [0.25, 0.3) is 16.6 Å². The zero-order valence-electron chi connectivity index (χ0n) is 12.6. The van der Waals surface area contributed by atoms with Crippen LogP contribution in [-0.4, -0.2) is 15.6 Å². The molecule has 0 spiro atoms. The zero-order chi connectivity index (χ0) is 16.0. The average molecular weight is 343 g/mol. The Balaban J connectivity index is 2.09. The molecule has 0 N–H and O–H groups in total. The summed E-state index contributed by atoms with van der Waals surface area (Å²) in [5.74, 6) is 0.625. The minimum Gasteiger partial charge on any atom is -0.295 e. The van der Waals surface area contributed by atoms with Crippen LogP contribution in [0.3, 0.4) is 0 Å². The van der Waals surface area contributed by atoms with Gasteiger partial charge in [-0.3, -0.25) is 9.20 Å². The molecule has 116 valence electrons. The molecule has 1 aromatic carbocycles. The minimum atomic E-state index is -0.226. The van der Waals surface area contributed by atoms with Crippen LogP contribution in [-0.2, 0) is 0 Å². The van der Waals surface area contributed by atoms with Crippen molar-refractivity contribution >= 4 is 28.9 Å². The lowest BCUT2D eigenvalue weighted by molar-refractivity contribution is 0.875. The highest BCUT2D eigenvalue weighted by Crippen LogP contribution is 2.41. The summed E-state index contributed by atoms with van der Waals surface area (Å²) in [6.45, 7) is 0. The van der Waals surface area contributed by atoms with Gasteiger partial charge >= 0.3 is 0 Å². The third kappa shape index (κ3) is 2.56. The Morgan fingerprint density at radius 3 is 2.74 bits per heavy atom. The Morgan fingerprint density at radius 2 is 2.04 bits per heavy atom. The second-order valence-corrected chi connectivity index (χ2v) is 6.93. The van der Waals surface area contributed by atoms with Crippen molar-refractivity contribution in [3.63, 3.8) is 0 Å². The zero-order valence-corrected chi connectivity index (χ0v) is 14.2. The standard InChI is InChI=1S/C18H15ClN2OS/c1-23-18-20-17(22)16(13-4-2-3-5-14(13)19)15-10-12(11-6-7-11)8-9-21(15)18/h2-5,8-11H,6-7H2,1H3. The molecule has 1 saturated carbocycles. The van der Waals surface area contributed by atoms with Gasteiger partial charge in [0.15, 0.2) is 5.16 Å². The molecule has 1 aliphatic carbocycles. The predicted molar refractivity (Wildman–Crippen MR) is 95.7 cm³/mol. The molecular formula is C18H15ClN2OS. The van der Waals surface area contributed by atoms with E-state index in [1.54, 1.807) is 6.07 Å². The first-order valence-electron chi connectivity index (χ1n) is 7.54. The number of aromatic nitrogens is 2. The van der Waals surface area contributed by atoms with E-state index >= 15 is 0 Å². The molecule has 5 heteroatoms. The van der Waals surface area contributed by atoms with Crippen LogP contribution in [0.4, 0.5) is 0 Å². The van der Waals surface area contributed by atoms with Gasteiger partial charge in [-0.05, 0) is 48.8 Å². The van der Waals surface area contributed by atoms with Crippen LogP contribution in [0.5, 0.6) is 0 Å². The maximum Gasteiger partial charge on any atom is 0.282 e. The van der Waals surface area contributed by atoms with Crippen LogP contribution >= 0.6 is 23.4 Å². The second-order valence-electron chi connectivity index (χ2n) is 5.75. The molecule has 0 amide bonds. The van der Waals surface area contributed by atoms with Crippen LogP contribution < -0.4 is 5.56 Å². The summed E-state index contributed by atoms with van der Waals surface area (Å²) in [5.41, 5.74) is 3.26. The highest BCUT2D eigenvalue weighted by atomic mass is 35.5. The molecule has 0 aliphatic heterocycles. The lowest BCUT2D eigenvalue weighted by Gasteiger charge is -2.13. The van der Waals surface area contributed by atoms with E-state index < -0.39 is 0 Å². The van der Waals surface area contributed by atoms with Gasteiger partial charge in [-0.15, -0.1) is 0 Å². The van der Waals surface area contributed by atoms with E-state index in [1.165, 1.54) is 30.2 Å². The van der Waals surface area contributed by atoms with Crippen molar-refractivity contribution in [2.45, 2.75) is 23.9 Å². The highest BCUT2D eigenvalue weighted by molar-refractivity contribution is 7.98. The third-order valence-corrected chi connectivity index (χ3v) is 5.21. The van der Waals surface area contributed by atoms with Crippen LogP contribution in [0, 0.1) is 0 Å². The summed E-state index contributed by atoms with van der Waals surface area (Å²) in [7, 11) is 0. The highest BCUT2D eigenvalue weighted by Gasteiger charge is 2.25. The monoisotopic (exact) mass is 342 g/mol. The van der Waals surface area contributed by atoms with Gasteiger partial charge in [0.2, 0.25) is 0 Å². The third-order valence-electron chi connectivity index (χ3n) is 4.23. The molecule has 1 fully saturated rings. The minimum absolute atomic E-state index is 0.226. The molecule has 3 nitrogen and oxygen atoms in total. The SMILES string of the molecule is CSc1nc(=O)c(-c2ccccc2Cl)c2cc(C3CC3)ccn12. The summed E-state index contributed by atoms with van der Waals surface area (Å²) in [4.78, 5) is 16.9. The van der Waals surface area contributed by atoms with Gasteiger partial charge < -0.3 is 0 Å². The summed E-state index contributed by atoms with van der Waals surface area (Å²) in [5, 5.41) is 1.27. The number of rotatable bonds is 3. The number of halogens is 1. The summed E-state index contributed by atoms with van der Waals surface area (Å²) in [6.07, 6.45) is 6.39.